The third-order valence-electron chi connectivity index (χ3n) is 4.51. The van der Waals surface area contributed by atoms with Crippen molar-refractivity contribution in [1.29, 1.82) is 0 Å². The Labute approximate surface area is 124 Å². The van der Waals surface area contributed by atoms with Crippen LogP contribution in [-0.4, -0.2) is 38.6 Å². The SMILES string of the molecule is Cn1ccc(CN2CCC(=O)NC3(CCCCC3)C2=O)n1. The molecule has 2 heterocycles. The van der Waals surface area contributed by atoms with Gasteiger partial charge in [-0.05, 0) is 18.9 Å². The van der Waals surface area contributed by atoms with Gasteiger partial charge in [-0.15, -0.1) is 0 Å². The minimum atomic E-state index is -0.666. The molecule has 0 atom stereocenters. The summed E-state index contributed by atoms with van der Waals surface area (Å²) in [6.45, 7) is 0.958. The van der Waals surface area contributed by atoms with Crippen LogP contribution in [0.2, 0.25) is 0 Å². The maximum Gasteiger partial charge on any atom is 0.248 e. The molecule has 1 aromatic heterocycles. The van der Waals surface area contributed by atoms with Crippen molar-refractivity contribution in [2.45, 2.75) is 50.6 Å². The lowest BCUT2D eigenvalue weighted by molar-refractivity contribution is -0.140. The van der Waals surface area contributed by atoms with Crippen LogP contribution in [0.25, 0.3) is 0 Å². The lowest BCUT2D eigenvalue weighted by Gasteiger charge is -2.37. The number of carbonyl (C=O) groups excluding carboxylic acids is 2. The van der Waals surface area contributed by atoms with Gasteiger partial charge in [-0.1, -0.05) is 19.3 Å². The molecule has 0 unspecified atom stereocenters. The first-order valence-electron chi connectivity index (χ1n) is 7.68. The fraction of sp³-hybridized carbons (Fsp3) is 0.667. The molecule has 1 aliphatic carbocycles. The molecule has 1 aromatic rings. The Kier molecular flexibility index (Phi) is 3.69. The molecule has 1 N–H and O–H groups in total. The van der Waals surface area contributed by atoms with Crippen LogP contribution in [0, 0.1) is 0 Å². The Bertz CT molecular complexity index is 546. The number of aryl methyl sites for hydroxylation is 1. The van der Waals surface area contributed by atoms with E-state index in [1.165, 1.54) is 0 Å². The van der Waals surface area contributed by atoms with Gasteiger partial charge in [0, 0.05) is 26.2 Å². The van der Waals surface area contributed by atoms with Gasteiger partial charge in [-0.25, -0.2) is 0 Å². The maximum absolute atomic E-state index is 13.0. The van der Waals surface area contributed by atoms with E-state index in [1.807, 2.05) is 19.3 Å². The van der Waals surface area contributed by atoms with Crippen molar-refractivity contribution in [2.24, 2.45) is 7.05 Å². The molecule has 0 aromatic carbocycles. The van der Waals surface area contributed by atoms with E-state index < -0.39 is 5.54 Å². The number of nitrogens with zero attached hydrogens (tertiary/aromatic N) is 3. The van der Waals surface area contributed by atoms with Gasteiger partial charge in [-0.3, -0.25) is 14.3 Å². The molecule has 1 saturated carbocycles. The Morgan fingerprint density at radius 1 is 1.29 bits per heavy atom. The summed E-state index contributed by atoms with van der Waals surface area (Å²) in [6, 6.07) is 1.92. The lowest BCUT2D eigenvalue weighted by Crippen LogP contribution is -2.58. The predicted molar refractivity (Wildman–Crippen MR) is 77.2 cm³/mol. The molecule has 3 rings (SSSR count). The molecule has 2 aliphatic rings. The van der Waals surface area contributed by atoms with E-state index in [0.29, 0.717) is 19.5 Å². The zero-order valence-corrected chi connectivity index (χ0v) is 12.5. The van der Waals surface area contributed by atoms with Crippen LogP contribution in [0.1, 0.15) is 44.2 Å². The fourth-order valence-electron chi connectivity index (χ4n) is 3.41. The molecule has 6 heteroatoms. The summed E-state index contributed by atoms with van der Waals surface area (Å²) in [5.74, 6) is 0.0625. The van der Waals surface area contributed by atoms with Gasteiger partial charge >= 0.3 is 0 Å². The van der Waals surface area contributed by atoms with Crippen molar-refractivity contribution in [2.75, 3.05) is 6.54 Å². The number of amides is 2. The summed E-state index contributed by atoms with van der Waals surface area (Å²) in [6.07, 6.45) is 6.92. The molecule has 1 spiro atoms. The topological polar surface area (TPSA) is 67.2 Å². The number of aromatic nitrogens is 2. The molecule has 0 radical (unpaired) electrons. The van der Waals surface area contributed by atoms with Crippen molar-refractivity contribution in [1.82, 2.24) is 20.0 Å². The Balaban J connectivity index is 1.82. The number of nitrogens with one attached hydrogen (secondary N) is 1. The van der Waals surface area contributed by atoms with Crippen LogP contribution in [0.15, 0.2) is 12.3 Å². The molecule has 1 saturated heterocycles. The summed E-state index contributed by atoms with van der Waals surface area (Å²) in [7, 11) is 1.86. The van der Waals surface area contributed by atoms with E-state index >= 15 is 0 Å². The van der Waals surface area contributed by atoms with E-state index in [9.17, 15) is 9.59 Å². The second-order valence-corrected chi connectivity index (χ2v) is 6.15. The fourth-order valence-corrected chi connectivity index (χ4v) is 3.41. The molecule has 2 amide bonds. The summed E-state index contributed by atoms with van der Waals surface area (Å²) in [5.41, 5.74) is 0.201. The average molecular weight is 290 g/mol. The quantitative estimate of drug-likeness (QED) is 0.882. The van der Waals surface area contributed by atoms with Crippen LogP contribution >= 0.6 is 0 Å². The summed E-state index contributed by atoms with van der Waals surface area (Å²) in [4.78, 5) is 26.7. The van der Waals surface area contributed by atoms with E-state index in [-0.39, 0.29) is 11.8 Å². The van der Waals surface area contributed by atoms with Gasteiger partial charge in [0.1, 0.15) is 5.54 Å². The number of rotatable bonds is 2. The molecular weight excluding hydrogens is 268 g/mol. The first-order valence-corrected chi connectivity index (χ1v) is 7.68. The third kappa shape index (κ3) is 2.80. The maximum atomic E-state index is 13.0. The molecule has 21 heavy (non-hydrogen) atoms. The van der Waals surface area contributed by atoms with Crippen molar-refractivity contribution in [3.8, 4) is 0 Å². The second-order valence-electron chi connectivity index (χ2n) is 6.15. The van der Waals surface area contributed by atoms with Gasteiger partial charge in [0.2, 0.25) is 11.8 Å². The van der Waals surface area contributed by atoms with Crippen LogP contribution in [-0.2, 0) is 23.2 Å². The van der Waals surface area contributed by atoms with Crippen molar-refractivity contribution >= 4 is 11.8 Å². The van der Waals surface area contributed by atoms with Crippen molar-refractivity contribution in [3.63, 3.8) is 0 Å². The van der Waals surface area contributed by atoms with Crippen molar-refractivity contribution in [3.05, 3.63) is 18.0 Å². The largest absolute Gasteiger partial charge is 0.342 e. The minimum Gasteiger partial charge on any atom is -0.342 e. The second kappa shape index (κ2) is 5.50. The molecule has 6 nitrogen and oxygen atoms in total. The lowest BCUT2D eigenvalue weighted by atomic mass is 9.80. The summed E-state index contributed by atoms with van der Waals surface area (Å²) < 4.78 is 1.73. The zero-order chi connectivity index (χ0) is 14.9. The van der Waals surface area contributed by atoms with Crippen molar-refractivity contribution < 1.29 is 9.59 Å². The highest BCUT2D eigenvalue weighted by atomic mass is 16.2. The minimum absolute atomic E-state index is 0.00577. The van der Waals surface area contributed by atoms with Crippen LogP contribution in [0.3, 0.4) is 0 Å². The smallest absolute Gasteiger partial charge is 0.248 e. The highest BCUT2D eigenvalue weighted by Gasteiger charge is 2.45. The summed E-state index contributed by atoms with van der Waals surface area (Å²) >= 11 is 0. The summed E-state index contributed by atoms with van der Waals surface area (Å²) in [5, 5.41) is 7.35. The zero-order valence-electron chi connectivity index (χ0n) is 12.5. The number of hydrogen-bond acceptors (Lipinski definition) is 3. The molecule has 0 bridgehead atoms. The Hall–Kier alpha value is -1.85. The third-order valence-corrected chi connectivity index (χ3v) is 4.51. The van der Waals surface area contributed by atoms with Gasteiger partial charge in [0.25, 0.3) is 0 Å². The van der Waals surface area contributed by atoms with Gasteiger partial charge in [0.15, 0.2) is 0 Å². The van der Waals surface area contributed by atoms with Crippen LogP contribution in [0.4, 0.5) is 0 Å². The van der Waals surface area contributed by atoms with E-state index in [0.717, 1.165) is 37.8 Å². The first-order chi connectivity index (χ1) is 10.1. The Morgan fingerprint density at radius 3 is 2.71 bits per heavy atom. The van der Waals surface area contributed by atoms with Crippen LogP contribution in [0.5, 0.6) is 0 Å². The van der Waals surface area contributed by atoms with E-state index in [4.69, 9.17) is 0 Å². The highest BCUT2D eigenvalue weighted by molar-refractivity contribution is 5.93. The highest BCUT2D eigenvalue weighted by Crippen LogP contribution is 2.32. The van der Waals surface area contributed by atoms with E-state index in [2.05, 4.69) is 10.4 Å². The van der Waals surface area contributed by atoms with E-state index in [1.54, 1.807) is 9.58 Å². The monoisotopic (exact) mass is 290 g/mol. The standard InChI is InChI=1S/C15H22N4O2/c1-18-9-5-12(17-18)11-19-10-6-13(20)16-15(14(19)21)7-3-2-4-8-15/h5,9H,2-4,6-8,10-11H2,1H3,(H,16,20). The number of hydrogen-bond donors (Lipinski definition) is 1. The predicted octanol–water partition coefficient (Wildman–Crippen LogP) is 0.971. The molecule has 114 valence electrons. The van der Waals surface area contributed by atoms with Gasteiger partial charge < -0.3 is 10.2 Å². The number of carbonyl (C=O) groups is 2. The van der Waals surface area contributed by atoms with Crippen LogP contribution < -0.4 is 5.32 Å². The Morgan fingerprint density at radius 2 is 2.05 bits per heavy atom. The molecular formula is C15H22N4O2. The average Bonchev–Trinajstić information content (AvgIpc) is 2.84. The normalized spacial score (nSPS) is 22.2. The molecule has 2 fully saturated rings. The first kappa shape index (κ1) is 14.1. The van der Waals surface area contributed by atoms with Gasteiger partial charge in [-0.2, -0.15) is 5.10 Å². The van der Waals surface area contributed by atoms with Gasteiger partial charge in [0.05, 0.1) is 12.2 Å². The molecule has 1 aliphatic heterocycles.